The van der Waals surface area contributed by atoms with Gasteiger partial charge < -0.3 is 15.2 Å². The van der Waals surface area contributed by atoms with E-state index in [0.717, 1.165) is 39.1 Å². The third-order valence-corrected chi connectivity index (χ3v) is 3.58. The monoisotopic (exact) mass is 230 g/mol. The highest BCUT2D eigenvalue weighted by Crippen LogP contribution is 2.16. The highest BCUT2D eigenvalue weighted by Gasteiger charge is 2.26. The van der Waals surface area contributed by atoms with Crippen LogP contribution in [0.3, 0.4) is 0 Å². The summed E-state index contributed by atoms with van der Waals surface area (Å²) in [6.07, 6.45) is 2.07. The first-order valence-electron chi connectivity index (χ1n) is 6.23. The zero-order valence-electron chi connectivity index (χ0n) is 10.8. The summed E-state index contributed by atoms with van der Waals surface area (Å²) in [6.45, 7) is 8.30. The number of nitrogens with one attached hydrogen (secondary N) is 1. The summed E-state index contributed by atoms with van der Waals surface area (Å²) >= 11 is 0. The predicted molar refractivity (Wildman–Crippen MR) is 65.6 cm³/mol. The molecular formula is C12H26N2O2. The molecule has 1 aliphatic rings. The van der Waals surface area contributed by atoms with Crippen LogP contribution in [0, 0.1) is 0 Å². The predicted octanol–water partition coefficient (Wildman–Crippen LogP) is 0.458. The minimum absolute atomic E-state index is 0.174. The van der Waals surface area contributed by atoms with Gasteiger partial charge >= 0.3 is 0 Å². The fraction of sp³-hybridized carbons (Fsp3) is 1.00. The first-order valence-corrected chi connectivity index (χ1v) is 6.23. The third kappa shape index (κ3) is 4.01. The van der Waals surface area contributed by atoms with Crippen molar-refractivity contribution in [3.63, 3.8) is 0 Å². The average molecular weight is 230 g/mol. The van der Waals surface area contributed by atoms with Gasteiger partial charge in [-0.25, -0.2) is 0 Å². The zero-order valence-corrected chi connectivity index (χ0v) is 10.8. The number of hydrogen-bond acceptors (Lipinski definition) is 4. The standard InChI is InChI=1S/C12H26N2O2/c1-11(9-12(2,10-15)13-3)14-5-4-7-16-8-6-14/h11,13,15H,4-10H2,1-3H3. The van der Waals surface area contributed by atoms with Crippen molar-refractivity contribution in [1.29, 1.82) is 0 Å². The van der Waals surface area contributed by atoms with Crippen LogP contribution < -0.4 is 5.32 Å². The largest absolute Gasteiger partial charge is 0.394 e. The van der Waals surface area contributed by atoms with Gasteiger partial charge in [-0.05, 0) is 33.7 Å². The molecule has 0 spiro atoms. The Labute approximate surface area is 99.0 Å². The lowest BCUT2D eigenvalue weighted by atomic mass is 9.94. The van der Waals surface area contributed by atoms with Gasteiger partial charge in [0.1, 0.15) is 0 Å². The van der Waals surface area contributed by atoms with Gasteiger partial charge in [-0.2, -0.15) is 0 Å². The SMILES string of the molecule is CNC(C)(CO)CC(C)N1CCCOCC1. The minimum Gasteiger partial charge on any atom is -0.394 e. The molecule has 4 heteroatoms. The molecular weight excluding hydrogens is 204 g/mol. The quantitative estimate of drug-likeness (QED) is 0.720. The smallest absolute Gasteiger partial charge is 0.0611 e. The van der Waals surface area contributed by atoms with E-state index < -0.39 is 0 Å². The van der Waals surface area contributed by atoms with E-state index in [1.54, 1.807) is 0 Å². The number of aliphatic hydroxyl groups excluding tert-OH is 1. The van der Waals surface area contributed by atoms with Crippen LogP contribution >= 0.6 is 0 Å². The average Bonchev–Trinajstić information content (AvgIpc) is 2.57. The summed E-state index contributed by atoms with van der Waals surface area (Å²) in [7, 11) is 1.91. The maximum Gasteiger partial charge on any atom is 0.0611 e. The first kappa shape index (κ1) is 13.9. The van der Waals surface area contributed by atoms with Crippen molar-refractivity contribution < 1.29 is 9.84 Å². The Balaban J connectivity index is 2.45. The Morgan fingerprint density at radius 2 is 2.19 bits per heavy atom. The molecule has 16 heavy (non-hydrogen) atoms. The van der Waals surface area contributed by atoms with Crippen molar-refractivity contribution in [2.45, 2.75) is 38.3 Å². The molecule has 2 atom stereocenters. The van der Waals surface area contributed by atoms with Gasteiger partial charge in [-0.3, -0.25) is 4.90 Å². The molecule has 4 nitrogen and oxygen atoms in total. The molecule has 1 rings (SSSR count). The molecule has 0 saturated carbocycles. The van der Waals surface area contributed by atoms with E-state index in [0.29, 0.717) is 6.04 Å². The molecule has 1 aliphatic heterocycles. The summed E-state index contributed by atoms with van der Waals surface area (Å²) < 4.78 is 5.45. The number of nitrogens with zero attached hydrogens (tertiary/aromatic N) is 1. The molecule has 1 heterocycles. The van der Waals surface area contributed by atoms with E-state index >= 15 is 0 Å². The van der Waals surface area contributed by atoms with Crippen molar-refractivity contribution >= 4 is 0 Å². The lowest BCUT2D eigenvalue weighted by Crippen LogP contribution is -2.49. The van der Waals surface area contributed by atoms with Crippen LogP contribution in [0.15, 0.2) is 0 Å². The first-order chi connectivity index (χ1) is 7.61. The van der Waals surface area contributed by atoms with Gasteiger partial charge in [-0.1, -0.05) is 0 Å². The molecule has 0 aromatic rings. The van der Waals surface area contributed by atoms with Crippen LogP contribution in [0.1, 0.15) is 26.7 Å². The molecule has 0 aromatic carbocycles. The van der Waals surface area contributed by atoms with E-state index in [2.05, 4.69) is 24.1 Å². The van der Waals surface area contributed by atoms with Crippen LogP contribution in [-0.2, 0) is 4.74 Å². The maximum absolute atomic E-state index is 9.38. The van der Waals surface area contributed by atoms with Crippen molar-refractivity contribution in [2.75, 3.05) is 40.0 Å². The number of aliphatic hydroxyl groups is 1. The Morgan fingerprint density at radius 3 is 2.81 bits per heavy atom. The van der Waals surface area contributed by atoms with Crippen LogP contribution in [0.2, 0.25) is 0 Å². The van der Waals surface area contributed by atoms with Gasteiger partial charge in [0.25, 0.3) is 0 Å². The van der Waals surface area contributed by atoms with Gasteiger partial charge in [0.15, 0.2) is 0 Å². The molecule has 1 fully saturated rings. The van der Waals surface area contributed by atoms with E-state index in [1.807, 2.05) is 7.05 Å². The lowest BCUT2D eigenvalue weighted by Gasteiger charge is -2.35. The van der Waals surface area contributed by atoms with E-state index in [4.69, 9.17) is 4.74 Å². The van der Waals surface area contributed by atoms with Crippen LogP contribution in [-0.4, -0.2) is 61.5 Å². The summed E-state index contributed by atoms with van der Waals surface area (Å²) in [5.41, 5.74) is -0.174. The highest BCUT2D eigenvalue weighted by molar-refractivity contribution is 4.86. The Morgan fingerprint density at radius 1 is 1.44 bits per heavy atom. The van der Waals surface area contributed by atoms with Crippen LogP contribution in [0.4, 0.5) is 0 Å². The lowest BCUT2D eigenvalue weighted by molar-refractivity contribution is 0.108. The molecule has 0 amide bonds. The summed E-state index contributed by atoms with van der Waals surface area (Å²) in [4.78, 5) is 2.46. The summed E-state index contributed by atoms with van der Waals surface area (Å²) in [5, 5.41) is 12.6. The van der Waals surface area contributed by atoms with Gasteiger partial charge in [0, 0.05) is 31.3 Å². The molecule has 0 radical (unpaired) electrons. The summed E-state index contributed by atoms with van der Waals surface area (Å²) in [5.74, 6) is 0. The Kier molecular flexibility index (Phi) is 5.69. The molecule has 2 unspecified atom stereocenters. The molecule has 0 aromatic heterocycles. The normalized spacial score (nSPS) is 24.8. The molecule has 1 saturated heterocycles. The Bertz CT molecular complexity index is 187. The van der Waals surface area contributed by atoms with Gasteiger partial charge in [-0.15, -0.1) is 0 Å². The summed E-state index contributed by atoms with van der Waals surface area (Å²) in [6, 6.07) is 0.478. The topological polar surface area (TPSA) is 44.7 Å². The fourth-order valence-electron chi connectivity index (χ4n) is 2.23. The second-order valence-electron chi connectivity index (χ2n) is 5.02. The highest BCUT2D eigenvalue weighted by atomic mass is 16.5. The van der Waals surface area contributed by atoms with E-state index in [1.165, 1.54) is 0 Å². The van der Waals surface area contributed by atoms with E-state index in [-0.39, 0.29) is 12.1 Å². The van der Waals surface area contributed by atoms with Crippen molar-refractivity contribution in [2.24, 2.45) is 0 Å². The van der Waals surface area contributed by atoms with Crippen molar-refractivity contribution in [3.05, 3.63) is 0 Å². The third-order valence-electron chi connectivity index (χ3n) is 3.58. The minimum atomic E-state index is -0.174. The molecule has 2 N–H and O–H groups in total. The fourth-order valence-corrected chi connectivity index (χ4v) is 2.23. The molecule has 0 bridgehead atoms. The molecule has 96 valence electrons. The number of hydrogen-bond donors (Lipinski definition) is 2. The van der Waals surface area contributed by atoms with Crippen LogP contribution in [0.5, 0.6) is 0 Å². The van der Waals surface area contributed by atoms with E-state index in [9.17, 15) is 5.11 Å². The van der Waals surface area contributed by atoms with Crippen molar-refractivity contribution in [1.82, 2.24) is 10.2 Å². The number of likely N-dealkylation sites (N-methyl/N-ethyl adjacent to an activating group) is 1. The van der Waals surface area contributed by atoms with Crippen LogP contribution in [0.25, 0.3) is 0 Å². The zero-order chi connectivity index (χ0) is 12.0. The second kappa shape index (κ2) is 6.55. The number of rotatable bonds is 5. The number of ether oxygens (including phenoxy) is 1. The van der Waals surface area contributed by atoms with Gasteiger partial charge in [0.2, 0.25) is 0 Å². The van der Waals surface area contributed by atoms with Crippen molar-refractivity contribution in [3.8, 4) is 0 Å². The second-order valence-corrected chi connectivity index (χ2v) is 5.02. The maximum atomic E-state index is 9.38. The molecule has 0 aliphatic carbocycles. The van der Waals surface area contributed by atoms with Gasteiger partial charge in [0.05, 0.1) is 13.2 Å². The Hall–Kier alpha value is -0.160.